The number of anilines is 1. The predicted molar refractivity (Wildman–Crippen MR) is 119 cm³/mol. The molecule has 0 bridgehead atoms. The molecule has 2 aromatic heterocycles. The second-order valence-electron chi connectivity index (χ2n) is 7.72. The molecule has 1 aliphatic rings. The van der Waals surface area contributed by atoms with Gasteiger partial charge in [-0.1, -0.05) is 12.8 Å². The molecule has 1 aliphatic carbocycles. The number of nitrogens with zero attached hydrogens (tertiary/aromatic N) is 3. The number of aromatic nitrogens is 3. The normalized spacial score (nSPS) is 19.5. The minimum absolute atomic E-state index is 0.0143. The van der Waals surface area contributed by atoms with Gasteiger partial charge in [0.15, 0.2) is 5.69 Å². The summed E-state index contributed by atoms with van der Waals surface area (Å²) in [6, 6.07) is 3.74. The van der Waals surface area contributed by atoms with Crippen LogP contribution in [0.25, 0.3) is 0 Å². The number of alkyl halides is 1. The maximum absolute atomic E-state index is 12.9. The van der Waals surface area contributed by atoms with Gasteiger partial charge >= 0.3 is 5.97 Å². The largest absolute Gasteiger partial charge is 0.489 e. The highest BCUT2D eigenvalue weighted by Gasteiger charge is 2.33. The molecule has 0 aliphatic heterocycles. The second-order valence-corrected chi connectivity index (χ2v) is 8.28. The van der Waals surface area contributed by atoms with Crippen LogP contribution < -0.4 is 15.6 Å². The number of methoxy groups -OCH3 is 1. The minimum atomic E-state index is -0.704. The van der Waals surface area contributed by atoms with E-state index in [1.165, 1.54) is 11.7 Å². The van der Waals surface area contributed by atoms with Gasteiger partial charge in [-0.05, 0) is 50.3 Å². The zero-order valence-corrected chi connectivity index (χ0v) is 19.1. The first kappa shape index (κ1) is 23.1. The zero-order chi connectivity index (χ0) is 22.5. The van der Waals surface area contributed by atoms with Gasteiger partial charge in [-0.15, -0.1) is 11.6 Å². The SMILES string of the molecule is CCOC(=O)c1nc(NC(c2ccnc(C)c2)C2CCCCC2Cl)n(C)c(=O)c1OC. The molecule has 2 aromatic rings. The molecule has 2 heterocycles. The lowest BCUT2D eigenvalue weighted by molar-refractivity contribution is 0.0514. The van der Waals surface area contributed by atoms with Gasteiger partial charge in [-0.25, -0.2) is 9.78 Å². The van der Waals surface area contributed by atoms with E-state index in [1.54, 1.807) is 20.2 Å². The summed E-state index contributed by atoms with van der Waals surface area (Å²) in [6.45, 7) is 3.78. The Balaban J connectivity index is 2.08. The van der Waals surface area contributed by atoms with Crippen LogP contribution in [0.5, 0.6) is 5.75 Å². The van der Waals surface area contributed by atoms with Crippen molar-refractivity contribution >= 4 is 23.5 Å². The van der Waals surface area contributed by atoms with Crippen molar-refractivity contribution in [3.05, 3.63) is 45.6 Å². The Bertz CT molecular complexity index is 994. The summed E-state index contributed by atoms with van der Waals surface area (Å²) >= 11 is 6.74. The molecule has 3 atom stereocenters. The number of ether oxygens (including phenoxy) is 2. The number of aryl methyl sites for hydroxylation is 1. The number of hydrogen-bond acceptors (Lipinski definition) is 7. The molecule has 1 saturated carbocycles. The Kier molecular flexibility index (Phi) is 7.54. The molecule has 1 fully saturated rings. The smallest absolute Gasteiger partial charge is 0.361 e. The first-order valence-electron chi connectivity index (χ1n) is 10.5. The monoisotopic (exact) mass is 448 g/mol. The maximum atomic E-state index is 12.9. The lowest BCUT2D eigenvalue weighted by Gasteiger charge is -2.35. The third kappa shape index (κ3) is 5.01. The molecular formula is C22H29ClN4O4. The summed E-state index contributed by atoms with van der Waals surface area (Å²) in [5.41, 5.74) is 1.27. The van der Waals surface area contributed by atoms with E-state index in [0.29, 0.717) is 0 Å². The summed E-state index contributed by atoms with van der Waals surface area (Å²) < 4.78 is 11.6. The van der Waals surface area contributed by atoms with Crippen LogP contribution in [0.2, 0.25) is 0 Å². The highest BCUT2D eigenvalue weighted by molar-refractivity contribution is 6.20. The second kappa shape index (κ2) is 10.1. The predicted octanol–water partition coefficient (Wildman–Crippen LogP) is 3.62. The fourth-order valence-corrected chi connectivity index (χ4v) is 4.49. The molecule has 0 spiro atoms. The van der Waals surface area contributed by atoms with Crippen LogP contribution in [0.3, 0.4) is 0 Å². The molecule has 0 saturated heterocycles. The average Bonchev–Trinajstić information content (AvgIpc) is 2.75. The van der Waals surface area contributed by atoms with Gasteiger partial charge < -0.3 is 14.8 Å². The summed E-state index contributed by atoms with van der Waals surface area (Å²) in [7, 11) is 2.92. The molecule has 168 valence electrons. The molecule has 1 N–H and O–H groups in total. The van der Waals surface area contributed by atoms with Crippen LogP contribution in [0.15, 0.2) is 23.1 Å². The van der Waals surface area contributed by atoms with E-state index in [2.05, 4.69) is 15.3 Å². The van der Waals surface area contributed by atoms with Crippen molar-refractivity contribution in [1.82, 2.24) is 14.5 Å². The number of hydrogen-bond donors (Lipinski definition) is 1. The van der Waals surface area contributed by atoms with Gasteiger partial charge in [0.05, 0.1) is 19.8 Å². The average molecular weight is 449 g/mol. The van der Waals surface area contributed by atoms with Crippen LogP contribution in [0.4, 0.5) is 5.95 Å². The number of carbonyl (C=O) groups is 1. The van der Waals surface area contributed by atoms with Crippen LogP contribution in [-0.4, -0.2) is 39.6 Å². The highest BCUT2D eigenvalue weighted by atomic mass is 35.5. The molecule has 31 heavy (non-hydrogen) atoms. The van der Waals surface area contributed by atoms with Gasteiger partial charge in [0.2, 0.25) is 11.7 Å². The molecule has 0 radical (unpaired) electrons. The van der Waals surface area contributed by atoms with Gasteiger partial charge in [0.25, 0.3) is 5.56 Å². The first-order chi connectivity index (χ1) is 14.9. The fourth-order valence-electron chi connectivity index (χ4n) is 4.06. The zero-order valence-electron chi connectivity index (χ0n) is 18.4. The van der Waals surface area contributed by atoms with Crippen LogP contribution in [-0.2, 0) is 11.8 Å². The van der Waals surface area contributed by atoms with Crippen molar-refractivity contribution in [2.45, 2.75) is 50.9 Å². The lowest BCUT2D eigenvalue weighted by Crippen LogP contribution is -2.34. The number of esters is 1. The van der Waals surface area contributed by atoms with Crippen molar-refractivity contribution < 1.29 is 14.3 Å². The standard InChI is InChI=1S/C22H29ClN4O4/c1-5-31-21(29)18-19(30-4)20(28)27(3)22(26-18)25-17(14-10-11-24-13(2)12-14)15-8-6-7-9-16(15)23/h10-12,15-17H,5-9H2,1-4H3,(H,25,26). The Hall–Kier alpha value is -2.61. The molecular weight excluding hydrogens is 420 g/mol. The lowest BCUT2D eigenvalue weighted by atomic mass is 9.80. The van der Waals surface area contributed by atoms with Gasteiger partial charge in [0, 0.05) is 24.3 Å². The van der Waals surface area contributed by atoms with E-state index >= 15 is 0 Å². The maximum Gasteiger partial charge on any atom is 0.361 e. The Morgan fingerprint density at radius 1 is 1.39 bits per heavy atom. The van der Waals surface area contributed by atoms with Crippen molar-refractivity contribution in [1.29, 1.82) is 0 Å². The number of nitrogens with one attached hydrogen (secondary N) is 1. The molecule has 8 nitrogen and oxygen atoms in total. The van der Waals surface area contributed by atoms with Gasteiger partial charge in [-0.3, -0.25) is 14.3 Å². The van der Waals surface area contributed by atoms with Crippen molar-refractivity contribution in [2.24, 2.45) is 13.0 Å². The Labute approximate surface area is 186 Å². The van der Waals surface area contributed by atoms with Crippen LogP contribution >= 0.6 is 11.6 Å². The molecule has 3 rings (SSSR count). The van der Waals surface area contributed by atoms with E-state index in [0.717, 1.165) is 36.9 Å². The Morgan fingerprint density at radius 2 is 2.13 bits per heavy atom. The van der Waals surface area contributed by atoms with E-state index in [-0.39, 0.29) is 41.3 Å². The number of rotatable bonds is 7. The summed E-state index contributed by atoms with van der Waals surface area (Å²) in [5.74, 6) is -0.468. The van der Waals surface area contributed by atoms with Gasteiger partial charge in [0.1, 0.15) is 0 Å². The summed E-state index contributed by atoms with van der Waals surface area (Å²) in [6.07, 6.45) is 5.81. The molecule has 3 unspecified atom stereocenters. The molecule has 0 amide bonds. The summed E-state index contributed by atoms with van der Waals surface area (Å²) in [5, 5.41) is 3.38. The topological polar surface area (TPSA) is 95.3 Å². The van der Waals surface area contributed by atoms with E-state index in [9.17, 15) is 9.59 Å². The van der Waals surface area contributed by atoms with Crippen LogP contribution in [0.1, 0.15) is 60.4 Å². The molecule has 9 heteroatoms. The van der Waals surface area contributed by atoms with Crippen molar-refractivity contribution in [2.75, 3.05) is 19.0 Å². The quantitative estimate of drug-likeness (QED) is 0.510. The van der Waals surface area contributed by atoms with E-state index < -0.39 is 11.5 Å². The minimum Gasteiger partial charge on any atom is -0.489 e. The van der Waals surface area contributed by atoms with Crippen LogP contribution in [0, 0.1) is 12.8 Å². The number of carbonyl (C=O) groups excluding carboxylic acids is 1. The summed E-state index contributed by atoms with van der Waals surface area (Å²) in [4.78, 5) is 34.0. The third-order valence-corrected chi connectivity index (χ3v) is 6.19. The van der Waals surface area contributed by atoms with Gasteiger partial charge in [-0.2, -0.15) is 0 Å². The Morgan fingerprint density at radius 3 is 2.77 bits per heavy atom. The number of pyridine rings is 1. The van der Waals surface area contributed by atoms with Crippen molar-refractivity contribution in [3.8, 4) is 5.75 Å². The fraction of sp³-hybridized carbons (Fsp3) is 0.545. The number of halogens is 1. The van der Waals surface area contributed by atoms with E-state index in [4.69, 9.17) is 21.1 Å². The van der Waals surface area contributed by atoms with Crippen molar-refractivity contribution in [3.63, 3.8) is 0 Å². The third-order valence-electron chi connectivity index (χ3n) is 5.65. The van der Waals surface area contributed by atoms with E-state index in [1.807, 2.05) is 19.1 Å². The highest BCUT2D eigenvalue weighted by Crippen LogP contribution is 2.39. The molecule has 0 aromatic carbocycles. The first-order valence-corrected chi connectivity index (χ1v) is 11.0.